The number of halogens is 2. The molecule has 2 N–H and O–H groups in total. The summed E-state index contributed by atoms with van der Waals surface area (Å²) in [4.78, 5) is 6.49. The molecule has 1 unspecified atom stereocenters. The van der Waals surface area contributed by atoms with E-state index in [1.54, 1.807) is 0 Å². The molecule has 0 aliphatic carbocycles. The molecule has 3 nitrogen and oxygen atoms in total. The van der Waals surface area contributed by atoms with Gasteiger partial charge in [0.2, 0.25) is 0 Å². The number of nitrogens with zero attached hydrogens (tertiary/aromatic N) is 2. The molecule has 0 saturated carbocycles. The Bertz CT molecular complexity index is 714. The molecule has 1 aliphatic rings. The van der Waals surface area contributed by atoms with E-state index in [0.29, 0.717) is 17.5 Å². The number of rotatable bonds is 2. The molecule has 2 aromatic carbocycles. The molecule has 3 rings (SSSR count). The third-order valence-corrected chi connectivity index (χ3v) is 4.92. The number of para-hydroxylation sites is 1. The Balaban J connectivity index is 2.03. The Kier molecular flexibility index (Phi) is 3.91. The van der Waals surface area contributed by atoms with E-state index in [-0.39, 0.29) is 6.04 Å². The van der Waals surface area contributed by atoms with Crippen LogP contribution in [-0.2, 0) is 0 Å². The van der Waals surface area contributed by atoms with Crippen LogP contribution in [0.5, 0.6) is 0 Å². The molecule has 0 saturated heterocycles. The molecule has 1 atom stereocenters. The number of benzene rings is 2. The van der Waals surface area contributed by atoms with E-state index >= 15 is 0 Å². The van der Waals surface area contributed by atoms with Crippen molar-refractivity contribution in [2.24, 2.45) is 10.7 Å². The lowest BCUT2D eigenvalue weighted by molar-refractivity contribution is 0.767. The minimum absolute atomic E-state index is 0.0803. The average Bonchev–Trinajstić information content (AvgIpc) is 2.84. The van der Waals surface area contributed by atoms with Gasteiger partial charge < -0.3 is 10.6 Å². The van der Waals surface area contributed by atoms with Gasteiger partial charge >= 0.3 is 0 Å². The minimum atomic E-state index is 0.0803. The van der Waals surface area contributed by atoms with Crippen LogP contribution >= 0.6 is 27.5 Å². The van der Waals surface area contributed by atoms with Crippen LogP contribution in [0.4, 0.5) is 5.69 Å². The second-order valence-corrected chi connectivity index (χ2v) is 6.31. The van der Waals surface area contributed by atoms with Crippen molar-refractivity contribution in [1.29, 1.82) is 0 Å². The number of aryl methyl sites for hydroxylation is 1. The predicted octanol–water partition coefficient (Wildman–Crippen LogP) is 4.29. The summed E-state index contributed by atoms with van der Waals surface area (Å²) in [5.74, 6) is 0.549. The number of guanidine groups is 1. The highest BCUT2D eigenvalue weighted by atomic mass is 79.9. The largest absolute Gasteiger partial charge is 0.369 e. The Morgan fingerprint density at radius 3 is 2.76 bits per heavy atom. The summed E-state index contributed by atoms with van der Waals surface area (Å²) in [6, 6.07) is 14.2. The van der Waals surface area contributed by atoms with Crippen molar-refractivity contribution in [3.63, 3.8) is 0 Å². The first-order valence-electron chi connectivity index (χ1n) is 6.67. The van der Waals surface area contributed by atoms with E-state index in [4.69, 9.17) is 17.3 Å². The van der Waals surface area contributed by atoms with E-state index in [2.05, 4.69) is 50.9 Å². The second kappa shape index (κ2) is 5.70. The van der Waals surface area contributed by atoms with E-state index in [1.807, 2.05) is 24.3 Å². The highest BCUT2D eigenvalue weighted by molar-refractivity contribution is 9.10. The van der Waals surface area contributed by atoms with Crippen molar-refractivity contribution in [1.82, 2.24) is 0 Å². The number of anilines is 1. The van der Waals surface area contributed by atoms with Crippen molar-refractivity contribution >= 4 is 39.2 Å². The van der Waals surface area contributed by atoms with Gasteiger partial charge in [-0.2, -0.15) is 0 Å². The molecule has 5 heteroatoms. The Hall–Kier alpha value is -1.52. The molecule has 0 aromatic heterocycles. The van der Waals surface area contributed by atoms with Gasteiger partial charge in [-0.1, -0.05) is 35.9 Å². The molecule has 21 heavy (non-hydrogen) atoms. The topological polar surface area (TPSA) is 41.6 Å². The Morgan fingerprint density at radius 2 is 2.05 bits per heavy atom. The van der Waals surface area contributed by atoms with Crippen molar-refractivity contribution in [3.05, 3.63) is 63.1 Å². The fourth-order valence-electron chi connectivity index (χ4n) is 2.60. The summed E-state index contributed by atoms with van der Waals surface area (Å²) in [5.41, 5.74) is 9.47. The summed E-state index contributed by atoms with van der Waals surface area (Å²) in [6.07, 6.45) is 0. The van der Waals surface area contributed by atoms with Crippen LogP contribution in [0, 0.1) is 6.92 Å². The summed E-state index contributed by atoms with van der Waals surface area (Å²) in [6.45, 7) is 2.71. The lowest BCUT2D eigenvalue weighted by Gasteiger charge is -2.28. The first-order chi connectivity index (χ1) is 10.1. The van der Waals surface area contributed by atoms with Crippen LogP contribution in [0.1, 0.15) is 17.2 Å². The monoisotopic (exact) mass is 363 g/mol. The maximum Gasteiger partial charge on any atom is 0.196 e. The zero-order chi connectivity index (χ0) is 15.0. The molecule has 108 valence electrons. The predicted molar refractivity (Wildman–Crippen MR) is 92.0 cm³/mol. The maximum absolute atomic E-state index is 6.22. The minimum Gasteiger partial charge on any atom is -0.369 e. The number of hydrogen-bond acceptors (Lipinski definition) is 3. The molecular formula is C16H15BrClN3. The lowest BCUT2D eigenvalue weighted by Crippen LogP contribution is -2.36. The molecule has 0 amide bonds. The molecule has 1 heterocycles. The molecule has 2 aromatic rings. The van der Waals surface area contributed by atoms with Gasteiger partial charge in [0.25, 0.3) is 0 Å². The smallest absolute Gasteiger partial charge is 0.196 e. The second-order valence-electron chi connectivity index (χ2n) is 5.04. The normalized spacial score (nSPS) is 18.0. The van der Waals surface area contributed by atoms with Crippen molar-refractivity contribution < 1.29 is 0 Å². The van der Waals surface area contributed by atoms with Crippen LogP contribution < -0.4 is 10.6 Å². The van der Waals surface area contributed by atoms with Crippen LogP contribution in [0.2, 0.25) is 5.02 Å². The molecule has 0 bridgehead atoms. The molecule has 0 fully saturated rings. The van der Waals surface area contributed by atoms with Gasteiger partial charge in [0, 0.05) is 10.2 Å². The van der Waals surface area contributed by atoms with Gasteiger partial charge in [-0.25, -0.2) is 0 Å². The van der Waals surface area contributed by atoms with Gasteiger partial charge in [0.05, 0.1) is 17.6 Å². The van der Waals surface area contributed by atoms with Crippen LogP contribution in [0.25, 0.3) is 0 Å². The zero-order valence-electron chi connectivity index (χ0n) is 11.6. The highest BCUT2D eigenvalue weighted by Gasteiger charge is 2.29. The molecule has 0 radical (unpaired) electrons. The SMILES string of the molecule is Cc1ccccc1N1C(N)=NCC1c1ccc(Br)c(Cl)c1. The molecule has 1 aliphatic heterocycles. The Morgan fingerprint density at radius 1 is 1.29 bits per heavy atom. The lowest BCUT2D eigenvalue weighted by atomic mass is 10.0. The first kappa shape index (κ1) is 14.4. The standard InChI is InChI=1S/C16H15BrClN3/c1-10-4-2-3-5-14(10)21-15(9-20-16(21)19)11-6-7-12(17)13(18)8-11/h2-8,15H,9H2,1H3,(H2,19,20). The summed E-state index contributed by atoms with van der Waals surface area (Å²) >= 11 is 9.64. The van der Waals surface area contributed by atoms with Crippen LogP contribution in [-0.4, -0.2) is 12.5 Å². The van der Waals surface area contributed by atoms with Gasteiger partial charge in [0.1, 0.15) is 0 Å². The third-order valence-electron chi connectivity index (χ3n) is 3.69. The van der Waals surface area contributed by atoms with Crippen molar-refractivity contribution in [3.8, 4) is 0 Å². The maximum atomic E-state index is 6.22. The van der Waals surface area contributed by atoms with Crippen LogP contribution in [0.3, 0.4) is 0 Å². The van der Waals surface area contributed by atoms with Gasteiger partial charge in [0.15, 0.2) is 5.96 Å². The third kappa shape index (κ3) is 2.65. The number of hydrogen-bond donors (Lipinski definition) is 1. The Labute approximate surface area is 137 Å². The quantitative estimate of drug-likeness (QED) is 0.864. The number of aliphatic imine (C=N–C) groups is 1. The van der Waals surface area contributed by atoms with E-state index in [0.717, 1.165) is 15.7 Å². The average molecular weight is 365 g/mol. The van der Waals surface area contributed by atoms with Crippen LogP contribution in [0.15, 0.2) is 51.9 Å². The summed E-state index contributed by atoms with van der Waals surface area (Å²) in [5, 5.41) is 0.697. The fourth-order valence-corrected chi connectivity index (χ4v) is 3.03. The van der Waals surface area contributed by atoms with E-state index in [9.17, 15) is 0 Å². The van der Waals surface area contributed by atoms with Crippen molar-refractivity contribution in [2.75, 3.05) is 11.4 Å². The summed E-state index contributed by atoms with van der Waals surface area (Å²) in [7, 11) is 0. The molecular weight excluding hydrogens is 350 g/mol. The fraction of sp³-hybridized carbons (Fsp3) is 0.188. The van der Waals surface area contributed by atoms with Gasteiger partial charge in [-0.05, 0) is 52.2 Å². The van der Waals surface area contributed by atoms with E-state index in [1.165, 1.54) is 5.56 Å². The first-order valence-corrected chi connectivity index (χ1v) is 7.85. The highest BCUT2D eigenvalue weighted by Crippen LogP contribution is 2.35. The van der Waals surface area contributed by atoms with Crippen molar-refractivity contribution in [2.45, 2.75) is 13.0 Å². The molecule has 0 spiro atoms. The van der Waals surface area contributed by atoms with Gasteiger partial charge in [-0.15, -0.1) is 0 Å². The zero-order valence-corrected chi connectivity index (χ0v) is 13.9. The summed E-state index contributed by atoms with van der Waals surface area (Å²) < 4.78 is 0.891. The number of nitrogens with two attached hydrogens (primary N) is 1. The van der Waals surface area contributed by atoms with Gasteiger partial charge in [-0.3, -0.25) is 4.99 Å². The van der Waals surface area contributed by atoms with E-state index < -0.39 is 0 Å².